The summed E-state index contributed by atoms with van der Waals surface area (Å²) >= 11 is 11.7. The van der Waals surface area contributed by atoms with Crippen molar-refractivity contribution in [2.75, 3.05) is 32.7 Å². The van der Waals surface area contributed by atoms with Gasteiger partial charge in [-0.3, -0.25) is 19.3 Å². The normalized spacial score (nSPS) is 10.8. The zero-order chi connectivity index (χ0) is 20.4. The third-order valence-corrected chi connectivity index (χ3v) is 4.44. The summed E-state index contributed by atoms with van der Waals surface area (Å²) in [6.45, 7) is 7.99. The largest absolute Gasteiger partial charge is 0.353 e. The second-order valence-electron chi connectivity index (χ2n) is 6.16. The third kappa shape index (κ3) is 8.60. The smallest absolute Gasteiger partial charge is 0.253 e. The van der Waals surface area contributed by atoms with E-state index < -0.39 is 11.8 Å². The van der Waals surface area contributed by atoms with Crippen molar-refractivity contribution >= 4 is 40.9 Å². The Balaban J connectivity index is 2.28. The van der Waals surface area contributed by atoms with Gasteiger partial charge >= 0.3 is 0 Å². The predicted molar refractivity (Wildman–Crippen MR) is 107 cm³/mol. The van der Waals surface area contributed by atoms with Gasteiger partial charge in [-0.15, -0.1) is 0 Å². The first-order valence-electron chi connectivity index (χ1n) is 8.75. The van der Waals surface area contributed by atoms with Crippen LogP contribution in [0.15, 0.2) is 18.2 Å². The lowest BCUT2D eigenvalue weighted by Gasteiger charge is -2.24. The molecule has 0 unspecified atom stereocenters. The molecule has 27 heavy (non-hydrogen) atoms. The van der Waals surface area contributed by atoms with Crippen LogP contribution in [0.1, 0.15) is 31.1 Å². The number of benzene rings is 1. The Labute approximate surface area is 169 Å². The van der Waals surface area contributed by atoms with Gasteiger partial charge in [0.25, 0.3) is 5.91 Å². The standard InChI is InChI=1S/C18H26Cl2N4O3/c1-4-24(12(2)3)8-7-21-16(25)10-22-17(26)11-23-18(27)14-6-5-13(19)9-15(14)20/h5-6,9,12H,4,7-8,10-11H2,1-3H3,(H,21,25)(H,22,26)(H,23,27). The monoisotopic (exact) mass is 416 g/mol. The fraction of sp³-hybridized carbons (Fsp3) is 0.500. The maximum absolute atomic E-state index is 12.0. The Hall–Kier alpha value is -1.83. The van der Waals surface area contributed by atoms with E-state index in [1.165, 1.54) is 18.2 Å². The van der Waals surface area contributed by atoms with E-state index in [1.54, 1.807) is 0 Å². The van der Waals surface area contributed by atoms with Crippen molar-refractivity contribution < 1.29 is 14.4 Å². The van der Waals surface area contributed by atoms with Gasteiger partial charge in [-0.25, -0.2) is 0 Å². The lowest BCUT2D eigenvalue weighted by molar-refractivity contribution is -0.125. The second-order valence-corrected chi connectivity index (χ2v) is 7.00. The molecule has 3 amide bonds. The number of hydrogen-bond donors (Lipinski definition) is 3. The molecule has 0 atom stereocenters. The zero-order valence-corrected chi connectivity index (χ0v) is 17.3. The first kappa shape index (κ1) is 23.2. The molecule has 7 nitrogen and oxygen atoms in total. The molecule has 0 aliphatic carbocycles. The number of amides is 3. The van der Waals surface area contributed by atoms with E-state index in [1.807, 2.05) is 0 Å². The summed E-state index contributed by atoms with van der Waals surface area (Å²) in [4.78, 5) is 37.8. The molecule has 0 bridgehead atoms. The lowest BCUT2D eigenvalue weighted by atomic mass is 10.2. The average Bonchev–Trinajstić information content (AvgIpc) is 2.61. The molecule has 1 rings (SSSR count). The lowest BCUT2D eigenvalue weighted by Crippen LogP contribution is -2.44. The number of nitrogens with one attached hydrogen (secondary N) is 3. The van der Waals surface area contributed by atoms with Gasteiger partial charge in [0, 0.05) is 24.2 Å². The maximum atomic E-state index is 12.0. The van der Waals surface area contributed by atoms with Crippen LogP contribution >= 0.6 is 23.2 Å². The number of rotatable bonds is 10. The molecule has 0 saturated heterocycles. The molecule has 0 aliphatic rings. The molecule has 3 N–H and O–H groups in total. The molecule has 0 aromatic heterocycles. The Morgan fingerprint density at radius 3 is 2.26 bits per heavy atom. The molecule has 1 aromatic rings. The summed E-state index contributed by atoms with van der Waals surface area (Å²) in [6, 6.07) is 4.86. The van der Waals surface area contributed by atoms with Gasteiger partial charge < -0.3 is 16.0 Å². The Morgan fingerprint density at radius 2 is 1.67 bits per heavy atom. The molecular formula is C18H26Cl2N4O3. The van der Waals surface area contributed by atoms with Gasteiger partial charge in [0.2, 0.25) is 11.8 Å². The Kier molecular flexibility index (Phi) is 10.1. The number of halogens is 2. The molecule has 0 radical (unpaired) electrons. The highest BCUT2D eigenvalue weighted by molar-refractivity contribution is 6.36. The van der Waals surface area contributed by atoms with Gasteiger partial charge in [-0.2, -0.15) is 0 Å². The summed E-state index contributed by atoms with van der Waals surface area (Å²) < 4.78 is 0. The van der Waals surface area contributed by atoms with Crippen LogP contribution in [0.25, 0.3) is 0 Å². The van der Waals surface area contributed by atoms with E-state index in [2.05, 4.69) is 41.6 Å². The number of carbonyl (C=O) groups is 3. The Morgan fingerprint density at radius 1 is 1.04 bits per heavy atom. The van der Waals surface area contributed by atoms with E-state index in [0.717, 1.165) is 13.1 Å². The van der Waals surface area contributed by atoms with Gasteiger partial charge in [-0.05, 0) is 38.6 Å². The predicted octanol–water partition coefficient (Wildman–Crippen LogP) is 1.69. The quantitative estimate of drug-likeness (QED) is 0.541. The molecule has 1 aromatic carbocycles. The van der Waals surface area contributed by atoms with Crippen molar-refractivity contribution in [1.29, 1.82) is 0 Å². The van der Waals surface area contributed by atoms with Crippen molar-refractivity contribution in [2.45, 2.75) is 26.8 Å². The van der Waals surface area contributed by atoms with E-state index >= 15 is 0 Å². The topological polar surface area (TPSA) is 90.5 Å². The maximum Gasteiger partial charge on any atom is 0.253 e. The van der Waals surface area contributed by atoms with Crippen molar-refractivity contribution in [3.63, 3.8) is 0 Å². The van der Waals surface area contributed by atoms with Crippen LogP contribution in [0.3, 0.4) is 0 Å². The minimum absolute atomic E-state index is 0.149. The van der Waals surface area contributed by atoms with Crippen LogP contribution in [-0.4, -0.2) is 61.4 Å². The van der Waals surface area contributed by atoms with Crippen molar-refractivity contribution in [3.05, 3.63) is 33.8 Å². The van der Waals surface area contributed by atoms with Crippen LogP contribution in [0.5, 0.6) is 0 Å². The number of likely N-dealkylation sites (N-methyl/N-ethyl adjacent to an activating group) is 1. The van der Waals surface area contributed by atoms with Gasteiger partial charge in [0.1, 0.15) is 0 Å². The van der Waals surface area contributed by atoms with E-state index in [0.29, 0.717) is 17.6 Å². The molecule has 0 spiro atoms. The Bertz CT molecular complexity index is 668. The summed E-state index contributed by atoms with van der Waals surface area (Å²) in [5.74, 6) is -1.25. The van der Waals surface area contributed by atoms with Crippen LogP contribution in [0.2, 0.25) is 10.0 Å². The number of nitrogens with zero attached hydrogens (tertiary/aromatic N) is 1. The fourth-order valence-corrected chi connectivity index (χ4v) is 2.85. The van der Waals surface area contributed by atoms with E-state index in [-0.39, 0.29) is 29.6 Å². The van der Waals surface area contributed by atoms with Crippen molar-refractivity contribution in [3.8, 4) is 0 Å². The highest BCUT2D eigenvalue weighted by Crippen LogP contribution is 2.20. The van der Waals surface area contributed by atoms with Gasteiger partial charge in [0.05, 0.1) is 23.7 Å². The van der Waals surface area contributed by atoms with Gasteiger partial charge in [-0.1, -0.05) is 30.1 Å². The minimum Gasteiger partial charge on any atom is -0.353 e. The summed E-state index contributed by atoms with van der Waals surface area (Å²) in [5, 5.41) is 8.26. The molecule has 0 heterocycles. The molecule has 150 valence electrons. The summed E-state index contributed by atoms with van der Waals surface area (Å²) in [6.07, 6.45) is 0. The zero-order valence-electron chi connectivity index (χ0n) is 15.8. The van der Waals surface area contributed by atoms with Crippen LogP contribution in [0, 0.1) is 0 Å². The van der Waals surface area contributed by atoms with E-state index in [9.17, 15) is 14.4 Å². The van der Waals surface area contributed by atoms with E-state index in [4.69, 9.17) is 23.2 Å². The number of hydrogen-bond acceptors (Lipinski definition) is 4. The third-order valence-electron chi connectivity index (χ3n) is 3.89. The summed E-state index contributed by atoms with van der Waals surface area (Å²) in [7, 11) is 0. The van der Waals surface area contributed by atoms with Crippen molar-refractivity contribution in [2.24, 2.45) is 0 Å². The molecule has 0 saturated carbocycles. The highest BCUT2D eigenvalue weighted by Gasteiger charge is 2.13. The van der Waals surface area contributed by atoms with Crippen molar-refractivity contribution in [1.82, 2.24) is 20.9 Å². The highest BCUT2D eigenvalue weighted by atomic mass is 35.5. The minimum atomic E-state index is -0.496. The summed E-state index contributed by atoms with van der Waals surface area (Å²) in [5.41, 5.74) is 0.220. The molecular weight excluding hydrogens is 391 g/mol. The molecule has 0 fully saturated rings. The fourth-order valence-electron chi connectivity index (χ4n) is 2.35. The molecule has 0 aliphatic heterocycles. The first-order chi connectivity index (χ1) is 12.7. The molecule has 9 heteroatoms. The number of carbonyl (C=O) groups excluding carboxylic acids is 3. The van der Waals surface area contributed by atoms with Gasteiger partial charge in [0.15, 0.2) is 0 Å². The first-order valence-corrected chi connectivity index (χ1v) is 9.50. The average molecular weight is 417 g/mol. The van der Waals surface area contributed by atoms with Crippen LogP contribution < -0.4 is 16.0 Å². The SMILES string of the molecule is CCN(CCNC(=O)CNC(=O)CNC(=O)c1ccc(Cl)cc1Cl)C(C)C. The van der Waals surface area contributed by atoms with Crippen LogP contribution in [0.4, 0.5) is 0 Å². The van der Waals surface area contributed by atoms with Crippen LogP contribution in [-0.2, 0) is 9.59 Å². The second kappa shape index (κ2) is 11.8.